The summed E-state index contributed by atoms with van der Waals surface area (Å²) in [6.07, 6.45) is 1.18. The summed E-state index contributed by atoms with van der Waals surface area (Å²) in [5, 5.41) is 3.22. The summed E-state index contributed by atoms with van der Waals surface area (Å²) in [6, 6.07) is 19.7. The Morgan fingerprint density at radius 3 is 2.19 bits per heavy atom. The van der Waals surface area contributed by atoms with Crippen molar-refractivity contribution in [1.29, 1.82) is 0 Å². The van der Waals surface area contributed by atoms with Gasteiger partial charge in [-0.3, -0.25) is 13.9 Å². The van der Waals surface area contributed by atoms with Crippen LogP contribution in [-0.4, -0.2) is 51.0 Å². The first-order chi connectivity index (χ1) is 17.5. The predicted octanol–water partition coefficient (Wildman–Crippen LogP) is 4.80. The molecule has 0 aromatic heterocycles. The first-order valence-corrected chi connectivity index (χ1v) is 14.2. The average Bonchev–Trinajstić information content (AvgIpc) is 2.86. The molecule has 7 nitrogen and oxygen atoms in total. The number of carbonyl (C=O) groups is 2. The zero-order valence-corrected chi connectivity index (χ0v) is 23.3. The van der Waals surface area contributed by atoms with Gasteiger partial charge in [0.1, 0.15) is 12.6 Å². The molecule has 196 valence electrons. The molecular weight excluding hydrogens is 557 g/mol. The number of carbonyl (C=O) groups excluding carboxylic acids is 2. The molecule has 0 aliphatic carbocycles. The molecule has 0 bridgehead atoms. The van der Waals surface area contributed by atoms with Crippen LogP contribution >= 0.6 is 34.8 Å². The van der Waals surface area contributed by atoms with Crippen LogP contribution in [0.15, 0.2) is 72.8 Å². The lowest BCUT2D eigenvalue weighted by Crippen LogP contribution is -2.52. The lowest BCUT2D eigenvalue weighted by atomic mass is 10.0. The molecule has 1 atom stereocenters. The van der Waals surface area contributed by atoms with Crippen LogP contribution in [0, 0.1) is 0 Å². The molecule has 0 heterocycles. The van der Waals surface area contributed by atoms with Gasteiger partial charge in [-0.25, -0.2) is 8.42 Å². The van der Waals surface area contributed by atoms with Gasteiger partial charge in [-0.2, -0.15) is 0 Å². The largest absolute Gasteiger partial charge is 0.357 e. The highest BCUT2D eigenvalue weighted by atomic mass is 35.5. The van der Waals surface area contributed by atoms with Gasteiger partial charge in [-0.1, -0.05) is 83.3 Å². The van der Waals surface area contributed by atoms with Crippen LogP contribution in [-0.2, 0) is 32.6 Å². The van der Waals surface area contributed by atoms with Crippen LogP contribution in [0.3, 0.4) is 0 Å². The molecule has 2 amide bonds. The number of amides is 2. The molecule has 0 aliphatic rings. The number of benzene rings is 3. The Bertz CT molecular complexity index is 1370. The van der Waals surface area contributed by atoms with Gasteiger partial charge in [0.2, 0.25) is 21.8 Å². The Kier molecular flexibility index (Phi) is 9.84. The molecule has 3 aromatic carbocycles. The van der Waals surface area contributed by atoms with Gasteiger partial charge in [-0.05, 0) is 35.4 Å². The third-order valence-electron chi connectivity index (χ3n) is 5.64. The van der Waals surface area contributed by atoms with E-state index in [-0.39, 0.29) is 28.7 Å². The van der Waals surface area contributed by atoms with Gasteiger partial charge in [0.15, 0.2) is 0 Å². The Morgan fingerprint density at radius 2 is 1.57 bits per heavy atom. The van der Waals surface area contributed by atoms with Crippen LogP contribution in [0.25, 0.3) is 0 Å². The lowest BCUT2D eigenvalue weighted by molar-refractivity contribution is -0.139. The van der Waals surface area contributed by atoms with Gasteiger partial charge in [0.25, 0.3) is 0 Å². The van der Waals surface area contributed by atoms with Crippen LogP contribution in [0.1, 0.15) is 11.1 Å². The first-order valence-electron chi connectivity index (χ1n) is 11.2. The van der Waals surface area contributed by atoms with Gasteiger partial charge in [-0.15, -0.1) is 0 Å². The zero-order valence-electron chi connectivity index (χ0n) is 20.2. The number of hydrogen-bond donors (Lipinski definition) is 1. The second-order valence-electron chi connectivity index (χ2n) is 8.31. The summed E-state index contributed by atoms with van der Waals surface area (Å²) >= 11 is 18.6. The van der Waals surface area contributed by atoms with Crippen LogP contribution in [0.2, 0.25) is 15.1 Å². The molecular formula is C26H26Cl3N3O4S. The fourth-order valence-corrected chi connectivity index (χ4v) is 5.35. The summed E-state index contributed by atoms with van der Waals surface area (Å²) in [4.78, 5) is 28.3. The van der Waals surface area contributed by atoms with Crippen molar-refractivity contribution >= 4 is 62.3 Å². The van der Waals surface area contributed by atoms with E-state index >= 15 is 0 Å². The average molecular weight is 583 g/mol. The topological polar surface area (TPSA) is 86.8 Å². The molecule has 0 unspecified atom stereocenters. The van der Waals surface area contributed by atoms with Gasteiger partial charge >= 0.3 is 0 Å². The van der Waals surface area contributed by atoms with E-state index in [1.807, 2.05) is 30.3 Å². The number of likely N-dealkylation sites (N-methyl/N-ethyl adjacent to an activating group) is 1. The smallest absolute Gasteiger partial charge is 0.244 e. The summed E-state index contributed by atoms with van der Waals surface area (Å²) in [7, 11) is -2.47. The third kappa shape index (κ3) is 7.61. The van der Waals surface area contributed by atoms with E-state index in [0.717, 1.165) is 16.1 Å². The number of sulfonamides is 1. The quantitative estimate of drug-likeness (QED) is 0.372. The minimum absolute atomic E-state index is 0.00378. The number of hydrogen-bond acceptors (Lipinski definition) is 4. The second kappa shape index (κ2) is 12.6. The monoisotopic (exact) mass is 581 g/mol. The maximum Gasteiger partial charge on any atom is 0.244 e. The van der Waals surface area contributed by atoms with Crippen molar-refractivity contribution in [3.63, 3.8) is 0 Å². The van der Waals surface area contributed by atoms with E-state index in [4.69, 9.17) is 34.8 Å². The normalized spacial score (nSPS) is 12.0. The van der Waals surface area contributed by atoms with Crippen molar-refractivity contribution in [3.05, 3.63) is 99.0 Å². The van der Waals surface area contributed by atoms with Crippen LogP contribution in [0.4, 0.5) is 5.69 Å². The number of rotatable bonds is 10. The fraction of sp³-hybridized carbons (Fsp3) is 0.231. The maximum absolute atomic E-state index is 13.8. The number of nitrogens with zero attached hydrogens (tertiary/aromatic N) is 2. The molecule has 0 radical (unpaired) electrons. The van der Waals surface area contributed by atoms with Crippen molar-refractivity contribution in [2.24, 2.45) is 0 Å². The maximum atomic E-state index is 13.8. The minimum Gasteiger partial charge on any atom is -0.357 e. The van der Waals surface area contributed by atoms with Gasteiger partial charge in [0, 0.05) is 25.0 Å². The highest BCUT2D eigenvalue weighted by Gasteiger charge is 2.33. The van der Waals surface area contributed by atoms with Crippen molar-refractivity contribution in [2.45, 2.75) is 19.0 Å². The Labute approximate surface area is 232 Å². The Hall–Kier alpha value is -2.78. The van der Waals surface area contributed by atoms with Gasteiger partial charge in [0.05, 0.1) is 22.0 Å². The van der Waals surface area contributed by atoms with E-state index < -0.39 is 34.4 Å². The van der Waals surface area contributed by atoms with Crippen molar-refractivity contribution in [3.8, 4) is 0 Å². The van der Waals surface area contributed by atoms with E-state index in [2.05, 4.69) is 5.32 Å². The number of nitrogens with one attached hydrogen (secondary N) is 1. The molecule has 0 saturated carbocycles. The van der Waals surface area contributed by atoms with Crippen molar-refractivity contribution < 1.29 is 18.0 Å². The molecule has 0 saturated heterocycles. The lowest BCUT2D eigenvalue weighted by Gasteiger charge is -2.33. The minimum atomic E-state index is -3.95. The number of halogens is 3. The molecule has 0 spiro atoms. The van der Waals surface area contributed by atoms with Crippen LogP contribution < -0.4 is 9.62 Å². The molecule has 0 aliphatic heterocycles. The standard InChI is InChI=1S/C26H26Cl3N3O4S/c1-30-26(34)23(15-18-8-4-3-5-9-18)31(16-19-10-6-11-20(27)14-19)24(33)17-32(37(2,35)36)22-13-7-12-21(28)25(22)29/h3-14,23H,15-17H2,1-2H3,(H,30,34)/t23-/m1/s1. The van der Waals surface area contributed by atoms with Crippen molar-refractivity contribution in [1.82, 2.24) is 10.2 Å². The molecule has 0 fully saturated rings. The third-order valence-corrected chi connectivity index (χ3v) is 7.81. The molecule has 11 heteroatoms. The van der Waals surface area contributed by atoms with Crippen LogP contribution in [0.5, 0.6) is 0 Å². The summed E-state index contributed by atoms with van der Waals surface area (Å²) in [5.74, 6) is -1.00. The number of anilines is 1. The molecule has 3 aromatic rings. The molecule has 37 heavy (non-hydrogen) atoms. The highest BCUT2D eigenvalue weighted by Crippen LogP contribution is 2.34. The Balaban J connectivity index is 2.06. The van der Waals surface area contributed by atoms with E-state index in [1.54, 1.807) is 30.3 Å². The van der Waals surface area contributed by atoms with E-state index in [0.29, 0.717) is 10.6 Å². The first kappa shape index (κ1) is 28.8. The molecule has 1 N–H and O–H groups in total. The molecule has 3 rings (SSSR count). The summed E-state index contributed by atoms with van der Waals surface area (Å²) in [6.45, 7) is -0.576. The summed E-state index contributed by atoms with van der Waals surface area (Å²) in [5.41, 5.74) is 1.57. The van der Waals surface area contributed by atoms with E-state index in [9.17, 15) is 18.0 Å². The fourth-order valence-electron chi connectivity index (χ4n) is 3.83. The Morgan fingerprint density at radius 1 is 0.919 bits per heavy atom. The van der Waals surface area contributed by atoms with Gasteiger partial charge < -0.3 is 10.2 Å². The van der Waals surface area contributed by atoms with Crippen molar-refractivity contribution in [2.75, 3.05) is 24.2 Å². The predicted molar refractivity (Wildman–Crippen MR) is 149 cm³/mol. The second-order valence-corrected chi connectivity index (χ2v) is 11.4. The van der Waals surface area contributed by atoms with E-state index in [1.165, 1.54) is 24.1 Å². The SMILES string of the molecule is CNC(=O)[C@@H](Cc1ccccc1)N(Cc1cccc(Cl)c1)C(=O)CN(c1cccc(Cl)c1Cl)S(C)(=O)=O. The highest BCUT2D eigenvalue weighted by molar-refractivity contribution is 7.92. The summed E-state index contributed by atoms with van der Waals surface area (Å²) < 4.78 is 26.4. The zero-order chi connectivity index (χ0) is 27.2.